The Hall–Kier alpha value is -2.82. The predicted molar refractivity (Wildman–Crippen MR) is 120 cm³/mol. The molecule has 1 aromatic carbocycles. The normalized spacial score (nSPS) is 14.6. The van der Waals surface area contributed by atoms with Crippen LogP contribution >= 0.6 is 11.8 Å². The van der Waals surface area contributed by atoms with Crippen LogP contribution in [0.2, 0.25) is 0 Å². The van der Waals surface area contributed by atoms with Crippen LogP contribution in [-0.4, -0.2) is 35.2 Å². The number of nitrogens with zero attached hydrogens (tertiary/aromatic N) is 3. The molecule has 1 heterocycles. The van der Waals surface area contributed by atoms with Crippen LogP contribution in [0.25, 0.3) is 0 Å². The van der Waals surface area contributed by atoms with Gasteiger partial charge in [-0.2, -0.15) is 5.10 Å². The minimum Gasteiger partial charge on any atom is -0.321 e. The van der Waals surface area contributed by atoms with E-state index in [1.807, 2.05) is 18.3 Å². The van der Waals surface area contributed by atoms with E-state index in [0.29, 0.717) is 33.0 Å². The van der Waals surface area contributed by atoms with Crippen LogP contribution in [-0.2, 0) is 4.84 Å². The lowest BCUT2D eigenvalue weighted by Crippen LogP contribution is -2.32. The third kappa shape index (κ3) is 5.41. The molecule has 0 saturated heterocycles. The third-order valence-electron chi connectivity index (χ3n) is 4.91. The highest BCUT2D eigenvalue weighted by Crippen LogP contribution is 2.34. The van der Waals surface area contributed by atoms with E-state index in [4.69, 9.17) is 16.5 Å². The van der Waals surface area contributed by atoms with Crippen LogP contribution in [0, 0.1) is 0 Å². The molecule has 2 aromatic rings. The standard InChI is InChI=1S/C20H27N7O2S/c1-27(22)20(25-21)30-17-9-8-15(26-29-2)11-16(17)19(28)24-18-10-7-14(12-23-18)13-5-3-4-6-13/h7-13,26H,3-6,21-22H2,1-2H3,(H,23,24,28)/b25-20+. The molecule has 0 bridgehead atoms. The highest BCUT2D eigenvalue weighted by atomic mass is 32.2. The summed E-state index contributed by atoms with van der Waals surface area (Å²) in [6, 6.07) is 9.11. The van der Waals surface area contributed by atoms with Gasteiger partial charge in [0, 0.05) is 18.1 Å². The number of amidine groups is 1. The van der Waals surface area contributed by atoms with E-state index in [9.17, 15) is 4.79 Å². The molecule has 0 atom stereocenters. The largest absolute Gasteiger partial charge is 0.321 e. The van der Waals surface area contributed by atoms with Gasteiger partial charge in [-0.15, -0.1) is 0 Å². The molecule has 1 fully saturated rings. The van der Waals surface area contributed by atoms with Crippen molar-refractivity contribution in [1.82, 2.24) is 9.99 Å². The van der Waals surface area contributed by atoms with E-state index < -0.39 is 0 Å². The van der Waals surface area contributed by atoms with E-state index in [2.05, 4.69) is 20.9 Å². The summed E-state index contributed by atoms with van der Waals surface area (Å²) in [6.45, 7) is 0. The molecular weight excluding hydrogens is 402 g/mol. The van der Waals surface area contributed by atoms with Crippen molar-refractivity contribution in [2.45, 2.75) is 36.5 Å². The number of carbonyl (C=O) groups is 1. The number of anilines is 2. The van der Waals surface area contributed by atoms with Crippen molar-refractivity contribution in [1.29, 1.82) is 0 Å². The lowest BCUT2D eigenvalue weighted by atomic mass is 10.00. The molecule has 1 aliphatic rings. The van der Waals surface area contributed by atoms with Crippen LogP contribution in [0.1, 0.15) is 47.5 Å². The van der Waals surface area contributed by atoms with Gasteiger partial charge in [0.15, 0.2) is 0 Å². The number of aromatic nitrogens is 1. The van der Waals surface area contributed by atoms with Gasteiger partial charge in [-0.05, 0) is 60.4 Å². The number of nitrogens with one attached hydrogen (secondary N) is 2. The van der Waals surface area contributed by atoms with Gasteiger partial charge in [-0.3, -0.25) is 20.1 Å². The Morgan fingerprint density at radius 1 is 1.30 bits per heavy atom. The molecule has 9 nitrogen and oxygen atoms in total. The molecule has 1 aromatic heterocycles. The molecule has 160 valence electrons. The lowest BCUT2D eigenvalue weighted by Gasteiger charge is -2.16. The number of nitrogens with two attached hydrogens (primary N) is 2. The highest BCUT2D eigenvalue weighted by Gasteiger charge is 2.19. The van der Waals surface area contributed by atoms with E-state index in [-0.39, 0.29) is 5.91 Å². The Kier molecular flexibility index (Phi) is 7.50. The van der Waals surface area contributed by atoms with Gasteiger partial charge in [0.25, 0.3) is 5.91 Å². The molecule has 0 radical (unpaired) electrons. The number of hydrazine groups is 1. The number of rotatable bonds is 6. The summed E-state index contributed by atoms with van der Waals surface area (Å²) in [5.41, 5.74) is 4.99. The summed E-state index contributed by atoms with van der Waals surface area (Å²) >= 11 is 1.18. The summed E-state index contributed by atoms with van der Waals surface area (Å²) in [5.74, 6) is 11.9. The average molecular weight is 430 g/mol. The molecule has 6 N–H and O–H groups in total. The second-order valence-electron chi connectivity index (χ2n) is 7.05. The number of hydrogen-bond donors (Lipinski definition) is 4. The fraction of sp³-hybridized carbons (Fsp3) is 0.350. The van der Waals surface area contributed by atoms with Gasteiger partial charge >= 0.3 is 0 Å². The first-order chi connectivity index (χ1) is 14.5. The Labute approximate surface area is 180 Å². The Morgan fingerprint density at radius 2 is 2.07 bits per heavy atom. The van der Waals surface area contributed by atoms with Gasteiger partial charge < -0.3 is 11.2 Å². The van der Waals surface area contributed by atoms with Crippen LogP contribution in [0.3, 0.4) is 0 Å². The van der Waals surface area contributed by atoms with Gasteiger partial charge in [0.2, 0.25) is 5.17 Å². The van der Waals surface area contributed by atoms with E-state index >= 15 is 0 Å². The molecule has 1 saturated carbocycles. The SMILES string of the molecule is CONc1ccc(S/C(=N/N)N(C)N)c(C(=O)Nc2ccc(C3CCCC3)cn2)c1. The van der Waals surface area contributed by atoms with E-state index in [1.54, 1.807) is 25.2 Å². The average Bonchev–Trinajstić information content (AvgIpc) is 3.28. The zero-order valence-electron chi connectivity index (χ0n) is 17.1. The quantitative estimate of drug-likeness (QED) is 0.181. The summed E-state index contributed by atoms with van der Waals surface area (Å²) in [6.07, 6.45) is 6.79. The van der Waals surface area contributed by atoms with Crippen LogP contribution in [0.4, 0.5) is 11.5 Å². The predicted octanol–water partition coefficient (Wildman–Crippen LogP) is 3.09. The first-order valence-electron chi connectivity index (χ1n) is 9.66. The maximum absolute atomic E-state index is 13.0. The number of hydrogen-bond acceptors (Lipinski definition) is 8. The first-order valence-corrected chi connectivity index (χ1v) is 10.5. The molecule has 30 heavy (non-hydrogen) atoms. The Morgan fingerprint density at radius 3 is 2.67 bits per heavy atom. The summed E-state index contributed by atoms with van der Waals surface area (Å²) in [7, 11) is 3.12. The fourth-order valence-electron chi connectivity index (χ4n) is 3.43. The highest BCUT2D eigenvalue weighted by molar-refractivity contribution is 8.13. The van der Waals surface area contributed by atoms with E-state index in [1.165, 1.54) is 55.1 Å². The molecule has 1 aliphatic carbocycles. The number of pyridine rings is 1. The number of benzene rings is 1. The van der Waals surface area contributed by atoms with Crippen molar-refractivity contribution in [3.05, 3.63) is 47.7 Å². The maximum Gasteiger partial charge on any atom is 0.258 e. The second-order valence-corrected chi connectivity index (χ2v) is 8.06. The van der Waals surface area contributed by atoms with Crippen LogP contribution < -0.4 is 22.5 Å². The molecule has 0 unspecified atom stereocenters. The summed E-state index contributed by atoms with van der Waals surface area (Å²) in [4.78, 5) is 23.0. The molecule has 0 aliphatic heterocycles. The number of hydrazone groups is 1. The molecular formula is C20H27N7O2S. The van der Waals surface area contributed by atoms with Crippen molar-refractivity contribution in [2.75, 3.05) is 25.0 Å². The smallest absolute Gasteiger partial charge is 0.258 e. The number of carbonyl (C=O) groups excluding carboxylic acids is 1. The minimum atomic E-state index is -0.311. The van der Waals surface area contributed by atoms with E-state index in [0.717, 1.165) is 0 Å². The molecule has 1 amide bonds. The van der Waals surface area contributed by atoms with Crippen molar-refractivity contribution in [3.63, 3.8) is 0 Å². The van der Waals surface area contributed by atoms with Crippen LogP contribution in [0.15, 0.2) is 46.5 Å². The van der Waals surface area contributed by atoms with Gasteiger partial charge in [0.1, 0.15) is 5.82 Å². The van der Waals surface area contributed by atoms with Gasteiger partial charge in [0.05, 0.1) is 18.4 Å². The molecule has 10 heteroatoms. The molecule has 0 spiro atoms. The van der Waals surface area contributed by atoms with Crippen molar-refractivity contribution in [3.8, 4) is 0 Å². The topological polar surface area (TPSA) is 131 Å². The third-order valence-corrected chi connectivity index (χ3v) is 6.06. The Balaban J connectivity index is 1.81. The number of amides is 1. The lowest BCUT2D eigenvalue weighted by molar-refractivity contribution is 0.102. The van der Waals surface area contributed by atoms with Crippen molar-refractivity contribution >= 4 is 34.3 Å². The fourth-order valence-corrected chi connectivity index (χ4v) is 4.22. The second kappa shape index (κ2) is 10.3. The number of thioether (sulfide) groups is 1. The summed E-state index contributed by atoms with van der Waals surface area (Å²) in [5, 5.41) is 8.17. The minimum absolute atomic E-state index is 0.311. The maximum atomic E-state index is 13.0. The monoisotopic (exact) mass is 429 g/mol. The first kappa shape index (κ1) is 21.9. The zero-order chi connectivity index (χ0) is 21.5. The van der Waals surface area contributed by atoms with Crippen molar-refractivity contribution < 1.29 is 9.63 Å². The zero-order valence-corrected chi connectivity index (χ0v) is 17.9. The van der Waals surface area contributed by atoms with Gasteiger partial charge in [-0.1, -0.05) is 18.9 Å². The Bertz CT molecular complexity index is 897. The van der Waals surface area contributed by atoms with Gasteiger partial charge in [-0.25, -0.2) is 10.8 Å². The molecule has 3 rings (SSSR count). The van der Waals surface area contributed by atoms with Crippen molar-refractivity contribution in [2.24, 2.45) is 16.8 Å². The summed E-state index contributed by atoms with van der Waals surface area (Å²) < 4.78 is 0. The van der Waals surface area contributed by atoms with Crippen LogP contribution in [0.5, 0.6) is 0 Å².